The molecule has 0 fully saturated rings. The van der Waals surface area contributed by atoms with E-state index in [-0.39, 0.29) is 0 Å². The fourth-order valence-corrected chi connectivity index (χ4v) is 8.87. The standard InChI is InChI=1S/C52H50N4/c1-4-7-19-38(5-2)37-54-51-35-43(55(39-20-11-8-12-21-39)40-22-13-9-14-23-40)28-31-46(51)47-32-29-44(36-52(47)54)56(41-24-15-10-16-25-41)42-30-33-50-48(34-42)45-26-17-18-27-49(45)53(50)6-3/h8-18,20-36,38H,4-7,19,37H2,1-3H3. The van der Waals surface area contributed by atoms with Gasteiger partial charge in [-0.1, -0.05) is 118 Å². The maximum absolute atomic E-state index is 2.64. The first kappa shape index (κ1) is 35.4. The van der Waals surface area contributed by atoms with E-state index in [2.05, 4.69) is 210 Å². The van der Waals surface area contributed by atoms with E-state index in [0.29, 0.717) is 5.92 Å². The molecule has 2 aromatic heterocycles. The van der Waals surface area contributed by atoms with Crippen molar-refractivity contribution >= 4 is 77.7 Å². The Morgan fingerprint density at radius 2 is 0.875 bits per heavy atom. The number of hydrogen-bond acceptors (Lipinski definition) is 2. The Bertz CT molecular complexity index is 2700. The molecule has 0 bridgehead atoms. The maximum Gasteiger partial charge on any atom is 0.0512 e. The van der Waals surface area contributed by atoms with E-state index in [1.807, 2.05) is 0 Å². The molecule has 0 N–H and O–H groups in total. The number of para-hydroxylation sites is 4. The number of aromatic nitrogens is 2. The van der Waals surface area contributed by atoms with Crippen LogP contribution in [0.2, 0.25) is 0 Å². The third kappa shape index (κ3) is 6.39. The van der Waals surface area contributed by atoms with Crippen LogP contribution in [-0.4, -0.2) is 9.13 Å². The van der Waals surface area contributed by atoms with E-state index in [1.54, 1.807) is 0 Å². The van der Waals surface area contributed by atoms with Crippen LogP contribution in [0.5, 0.6) is 0 Å². The van der Waals surface area contributed by atoms with E-state index in [1.165, 1.54) is 62.9 Å². The summed E-state index contributed by atoms with van der Waals surface area (Å²) >= 11 is 0. The predicted molar refractivity (Wildman–Crippen MR) is 241 cm³/mol. The number of unbranched alkanes of at least 4 members (excludes halogenated alkanes) is 1. The number of anilines is 6. The minimum Gasteiger partial charge on any atom is -0.341 e. The van der Waals surface area contributed by atoms with Crippen molar-refractivity contribution < 1.29 is 0 Å². The molecule has 0 amide bonds. The average Bonchev–Trinajstić information content (AvgIpc) is 3.74. The van der Waals surface area contributed by atoms with Gasteiger partial charge in [-0.2, -0.15) is 0 Å². The smallest absolute Gasteiger partial charge is 0.0512 e. The summed E-state index contributed by atoms with van der Waals surface area (Å²) in [6.07, 6.45) is 4.85. The van der Waals surface area contributed by atoms with Crippen LogP contribution < -0.4 is 9.80 Å². The summed E-state index contributed by atoms with van der Waals surface area (Å²) < 4.78 is 5.07. The molecular formula is C52H50N4. The lowest BCUT2D eigenvalue weighted by atomic mass is 9.99. The minimum atomic E-state index is 0.587. The summed E-state index contributed by atoms with van der Waals surface area (Å²) in [6, 6.07) is 62.3. The van der Waals surface area contributed by atoms with Crippen LogP contribution in [0.25, 0.3) is 43.6 Å². The molecule has 1 unspecified atom stereocenters. The summed E-state index contributed by atoms with van der Waals surface area (Å²) in [4.78, 5) is 4.81. The number of nitrogens with zero attached hydrogens (tertiary/aromatic N) is 4. The molecule has 0 aliphatic heterocycles. The molecule has 9 rings (SSSR count). The van der Waals surface area contributed by atoms with Gasteiger partial charge in [0.05, 0.1) is 11.0 Å². The first-order valence-corrected chi connectivity index (χ1v) is 20.5. The van der Waals surface area contributed by atoms with E-state index in [4.69, 9.17) is 0 Å². The van der Waals surface area contributed by atoms with Gasteiger partial charge < -0.3 is 18.9 Å². The van der Waals surface area contributed by atoms with Crippen LogP contribution in [0.4, 0.5) is 34.1 Å². The second kappa shape index (κ2) is 15.5. The van der Waals surface area contributed by atoms with Crippen molar-refractivity contribution in [3.05, 3.63) is 170 Å². The van der Waals surface area contributed by atoms with E-state index in [9.17, 15) is 0 Å². The first-order valence-electron chi connectivity index (χ1n) is 20.5. The molecule has 2 heterocycles. The molecule has 0 saturated carbocycles. The third-order valence-corrected chi connectivity index (χ3v) is 11.7. The Morgan fingerprint density at radius 1 is 0.411 bits per heavy atom. The summed E-state index contributed by atoms with van der Waals surface area (Å²) in [5.74, 6) is 0.587. The summed E-state index contributed by atoms with van der Waals surface area (Å²) in [7, 11) is 0. The Hall–Kier alpha value is -6.26. The highest BCUT2D eigenvalue weighted by Crippen LogP contribution is 2.43. The van der Waals surface area contributed by atoms with Crippen molar-refractivity contribution in [1.29, 1.82) is 0 Å². The Kier molecular flexibility index (Phi) is 9.79. The summed E-state index contributed by atoms with van der Waals surface area (Å²) in [6.45, 7) is 8.82. The highest BCUT2D eigenvalue weighted by atomic mass is 15.2. The lowest BCUT2D eigenvalue weighted by molar-refractivity contribution is 0.401. The normalized spacial score (nSPS) is 12.2. The van der Waals surface area contributed by atoms with E-state index >= 15 is 0 Å². The van der Waals surface area contributed by atoms with Crippen molar-refractivity contribution in [3.63, 3.8) is 0 Å². The van der Waals surface area contributed by atoms with Crippen molar-refractivity contribution in [1.82, 2.24) is 9.13 Å². The fraction of sp³-hybridized carbons (Fsp3) is 0.192. The number of aryl methyl sites for hydroxylation is 1. The zero-order valence-electron chi connectivity index (χ0n) is 32.8. The molecule has 4 heteroatoms. The third-order valence-electron chi connectivity index (χ3n) is 11.7. The highest BCUT2D eigenvalue weighted by Gasteiger charge is 2.21. The first-order chi connectivity index (χ1) is 27.7. The van der Waals surface area contributed by atoms with Gasteiger partial charge in [0.1, 0.15) is 0 Å². The Morgan fingerprint density at radius 3 is 1.41 bits per heavy atom. The maximum atomic E-state index is 2.64. The molecule has 7 aromatic carbocycles. The van der Waals surface area contributed by atoms with Crippen LogP contribution in [0.15, 0.2) is 170 Å². The lowest BCUT2D eigenvalue weighted by Crippen LogP contribution is -2.12. The van der Waals surface area contributed by atoms with Crippen molar-refractivity contribution in [3.8, 4) is 0 Å². The van der Waals surface area contributed by atoms with Crippen LogP contribution in [0.3, 0.4) is 0 Å². The molecule has 4 nitrogen and oxygen atoms in total. The number of rotatable bonds is 13. The average molecular weight is 731 g/mol. The fourth-order valence-electron chi connectivity index (χ4n) is 8.87. The van der Waals surface area contributed by atoms with Crippen molar-refractivity contribution in [2.24, 2.45) is 5.92 Å². The van der Waals surface area contributed by atoms with E-state index < -0.39 is 0 Å². The van der Waals surface area contributed by atoms with Gasteiger partial charge in [-0.3, -0.25) is 0 Å². The van der Waals surface area contributed by atoms with Gasteiger partial charge in [-0.25, -0.2) is 0 Å². The zero-order valence-corrected chi connectivity index (χ0v) is 32.8. The molecule has 278 valence electrons. The molecule has 9 aromatic rings. The molecule has 0 spiro atoms. The Labute approximate surface area is 330 Å². The predicted octanol–water partition coefficient (Wildman–Crippen LogP) is 15.1. The zero-order chi connectivity index (χ0) is 38.0. The van der Waals surface area contributed by atoms with Gasteiger partial charge in [-0.15, -0.1) is 0 Å². The van der Waals surface area contributed by atoms with Gasteiger partial charge in [0, 0.05) is 79.8 Å². The number of fused-ring (bicyclic) bond motifs is 6. The molecule has 1 atom stereocenters. The van der Waals surface area contributed by atoms with Gasteiger partial charge in [0.15, 0.2) is 0 Å². The van der Waals surface area contributed by atoms with E-state index in [0.717, 1.165) is 53.6 Å². The van der Waals surface area contributed by atoms with Crippen LogP contribution in [-0.2, 0) is 13.1 Å². The van der Waals surface area contributed by atoms with Crippen LogP contribution in [0, 0.1) is 5.92 Å². The largest absolute Gasteiger partial charge is 0.341 e. The Balaban J connectivity index is 1.25. The van der Waals surface area contributed by atoms with Crippen LogP contribution in [0.1, 0.15) is 46.5 Å². The summed E-state index contributed by atoms with van der Waals surface area (Å²) in [5.41, 5.74) is 12.0. The van der Waals surface area contributed by atoms with Crippen LogP contribution >= 0.6 is 0 Å². The molecule has 0 aliphatic rings. The second-order valence-corrected chi connectivity index (χ2v) is 15.1. The molecule has 0 radical (unpaired) electrons. The quantitative estimate of drug-likeness (QED) is 0.117. The molecule has 56 heavy (non-hydrogen) atoms. The van der Waals surface area contributed by atoms with Crippen molar-refractivity contribution in [2.75, 3.05) is 9.80 Å². The van der Waals surface area contributed by atoms with Gasteiger partial charge in [0.25, 0.3) is 0 Å². The molecule has 0 saturated heterocycles. The molecule has 0 aliphatic carbocycles. The number of benzene rings is 7. The minimum absolute atomic E-state index is 0.587. The lowest BCUT2D eigenvalue weighted by Gasteiger charge is -2.26. The SMILES string of the molecule is CCCCC(CC)Cn1c2cc(N(c3ccccc3)c3ccccc3)ccc2c2ccc(N(c3ccccc3)c3ccc4c(c3)c3ccccc3n4CC)cc21. The monoisotopic (exact) mass is 730 g/mol. The van der Waals surface area contributed by atoms with Gasteiger partial charge in [-0.05, 0) is 104 Å². The van der Waals surface area contributed by atoms with Crippen molar-refractivity contribution in [2.45, 2.75) is 59.5 Å². The topological polar surface area (TPSA) is 16.3 Å². The second-order valence-electron chi connectivity index (χ2n) is 15.1. The van der Waals surface area contributed by atoms with Gasteiger partial charge in [0.2, 0.25) is 0 Å². The number of hydrogen-bond donors (Lipinski definition) is 0. The van der Waals surface area contributed by atoms with Gasteiger partial charge >= 0.3 is 0 Å². The summed E-state index contributed by atoms with van der Waals surface area (Å²) in [5, 5.41) is 5.16. The highest BCUT2D eigenvalue weighted by molar-refractivity contribution is 6.11. The molecular weight excluding hydrogens is 681 g/mol.